The molecule has 0 saturated heterocycles. The SMILES string of the molecule is O=NCN=C1CN=C(c2ccccc2F)c2cc(Cl)ccc2N1. The van der Waals surface area contributed by atoms with E-state index in [1.165, 1.54) is 6.07 Å². The van der Waals surface area contributed by atoms with Crippen molar-refractivity contribution < 1.29 is 4.39 Å². The van der Waals surface area contributed by atoms with Crippen molar-refractivity contribution in [2.45, 2.75) is 0 Å². The fourth-order valence-corrected chi connectivity index (χ4v) is 2.51. The van der Waals surface area contributed by atoms with Crippen molar-refractivity contribution in [2.75, 3.05) is 18.5 Å². The summed E-state index contributed by atoms with van der Waals surface area (Å²) >= 11 is 6.08. The molecule has 0 fully saturated rings. The molecule has 2 aromatic rings. The first-order chi connectivity index (χ1) is 11.2. The second-order valence-electron chi connectivity index (χ2n) is 4.83. The monoisotopic (exact) mass is 330 g/mol. The van der Waals surface area contributed by atoms with Gasteiger partial charge in [-0.2, -0.15) is 0 Å². The van der Waals surface area contributed by atoms with Crippen molar-refractivity contribution in [3.05, 3.63) is 69.3 Å². The summed E-state index contributed by atoms with van der Waals surface area (Å²) in [5.41, 5.74) is 2.23. The lowest BCUT2D eigenvalue weighted by Gasteiger charge is -2.11. The van der Waals surface area contributed by atoms with E-state index in [9.17, 15) is 9.30 Å². The summed E-state index contributed by atoms with van der Waals surface area (Å²) in [5, 5.41) is 6.33. The van der Waals surface area contributed by atoms with Crippen LogP contribution in [0.3, 0.4) is 0 Å². The zero-order chi connectivity index (χ0) is 16.2. The lowest BCUT2D eigenvalue weighted by molar-refractivity contribution is 0.625. The second-order valence-corrected chi connectivity index (χ2v) is 5.27. The standard InChI is InChI=1S/C16H12ClFN4O/c17-10-5-6-14-12(7-10)16(11-3-1-2-4-13(11)18)19-8-15(22-14)20-9-21-23/h1-7H,8-9H2,(H,20,22). The fraction of sp³-hybridized carbons (Fsp3) is 0.125. The van der Waals surface area contributed by atoms with Crippen molar-refractivity contribution in [3.63, 3.8) is 0 Å². The molecule has 7 heteroatoms. The zero-order valence-corrected chi connectivity index (χ0v) is 12.7. The van der Waals surface area contributed by atoms with Gasteiger partial charge in [-0.3, -0.25) is 4.99 Å². The first kappa shape index (κ1) is 15.3. The number of rotatable bonds is 3. The predicted octanol–water partition coefficient (Wildman–Crippen LogP) is 3.86. The van der Waals surface area contributed by atoms with Crippen molar-refractivity contribution in [1.82, 2.24) is 0 Å². The lowest BCUT2D eigenvalue weighted by atomic mass is 10.00. The maximum Gasteiger partial charge on any atom is 0.173 e. The number of benzodiazepines with no additional fused rings is 1. The van der Waals surface area contributed by atoms with E-state index in [0.717, 1.165) is 0 Å². The summed E-state index contributed by atoms with van der Waals surface area (Å²) in [7, 11) is 0. The van der Waals surface area contributed by atoms with E-state index < -0.39 is 0 Å². The molecule has 0 aliphatic carbocycles. The highest BCUT2D eigenvalue weighted by molar-refractivity contribution is 6.32. The smallest absolute Gasteiger partial charge is 0.173 e. The second kappa shape index (κ2) is 6.66. The third-order valence-corrected chi connectivity index (χ3v) is 3.59. The summed E-state index contributed by atoms with van der Waals surface area (Å²) in [6.45, 7) is -0.0126. The Hall–Kier alpha value is -2.60. The molecule has 2 aromatic carbocycles. The van der Waals surface area contributed by atoms with Gasteiger partial charge in [0.15, 0.2) is 6.67 Å². The molecule has 0 radical (unpaired) electrons. The van der Waals surface area contributed by atoms with Crippen molar-refractivity contribution in [3.8, 4) is 0 Å². The van der Waals surface area contributed by atoms with E-state index in [1.54, 1.807) is 36.4 Å². The van der Waals surface area contributed by atoms with E-state index in [-0.39, 0.29) is 19.0 Å². The summed E-state index contributed by atoms with van der Waals surface area (Å²) in [6, 6.07) is 11.6. The first-order valence-electron chi connectivity index (χ1n) is 6.88. The summed E-state index contributed by atoms with van der Waals surface area (Å²) < 4.78 is 14.2. The molecule has 0 atom stereocenters. The molecular formula is C16H12ClFN4O. The maximum atomic E-state index is 14.2. The third-order valence-electron chi connectivity index (χ3n) is 3.35. The minimum atomic E-state index is -0.368. The Kier molecular flexibility index (Phi) is 4.43. The molecule has 0 unspecified atom stereocenters. The van der Waals surface area contributed by atoms with Crippen LogP contribution in [0.2, 0.25) is 5.02 Å². The van der Waals surface area contributed by atoms with Gasteiger partial charge in [-0.15, -0.1) is 4.91 Å². The van der Waals surface area contributed by atoms with Crippen molar-refractivity contribution >= 4 is 28.8 Å². The van der Waals surface area contributed by atoms with Gasteiger partial charge in [0.1, 0.15) is 11.7 Å². The Morgan fingerprint density at radius 3 is 2.83 bits per heavy atom. The van der Waals surface area contributed by atoms with Gasteiger partial charge >= 0.3 is 0 Å². The molecule has 0 saturated carbocycles. The van der Waals surface area contributed by atoms with E-state index in [4.69, 9.17) is 11.6 Å². The van der Waals surface area contributed by atoms with Gasteiger partial charge in [0, 0.05) is 21.8 Å². The number of amidine groups is 1. The van der Waals surface area contributed by atoms with Crippen LogP contribution in [0.25, 0.3) is 0 Å². The molecule has 1 aliphatic heterocycles. The molecule has 0 bridgehead atoms. The minimum absolute atomic E-state index is 0.186. The van der Waals surface area contributed by atoms with Crippen LogP contribution in [0, 0.1) is 10.7 Å². The Labute approximate surface area is 136 Å². The molecular weight excluding hydrogens is 319 g/mol. The number of halogens is 2. The number of fused-ring (bicyclic) bond motifs is 1. The molecule has 1 aliphatic rings. The van der Waals surface area contributed by atoms with Crippen LogP contribution in [0.15, 0.2) is 57.6 Å². The van der Waals surface area contributed by atoms with Crippen LogP contribution in [-0.4, -0.2) is 24.8 Å². The van der Waals surface area contributed by atoms with E-state index in [1.807, 2.05) is 0 Å². The number of benzene rings is 2. The normalized spacial score (nSPS) is 15.4. The highest BCUT2D eigenvalue weighted by atomic mass is 35.5. The molecule has 23 heavy (non-hydrogen) atoms. The predicted molar refractivity (Wildman–Crippen MR) is 90.1 cm³/mol. The van der Waals surface area contributed by atoms with Gasteiger partial charge in [0.05, 0.1) is 12.3 Å². The molecule has 0 spiro atoms. The summed E-state index contributed by atoms with van der Waals surface area (Å²) in [6.07, 6.45) is 0. The van der Waals surface area contributed by atoms with Crippen LogP contribution in [-0.2, 0) is 0 Å². The van der Waals surface area contributed by atoms with E-state index in [2.05, 4.69) is 20.5 Å². The number of nitrogens with one attached hydrogen (secondary N) is 1. The number of nitrogens with zero attached hydrogens (tertiary/aromatic N) is 3. The zero-order valence-electron chi connectivity index (χ0n) is 12.0. The van der Waals surface area contributed by atoms with Crippen LogP contribution in [0.4, 0.5) is 10.1 Å². The average molecular weight is 331 g/mol. The molecule has 0 amide bonds. The quantitative estimate of drug-likeness (QED) is 0.868. The number of nitroso groups, excluding NO2 is 1. The van der Waals surface area contributed by atoms with Gasteiger partial charge in [0.25, 0.3) is 0 Å². The maximum absolute atomic E-state index is 14.2. The summed E-state index contributed by atoms with van der Waals surface area (Å²) in [4.78, 5) is 18.7. The highest BCUT2D eigenvalue weighted by Gasteiger charge is 2.19. The molecule has 116 valence electrons. The van der Waals surface area contributed by atoms with Crippen molar-refractivity contribution in [2.24, 2.45) is 15.2 Å². The Morgan fingerprint density at radius 2 is 2.04 bits per heavy atom. The largest absolute Gasteiger partial charge is 0.342 e. The van der Waals surface area contributed by atoms with Crippen LogP contribution >= 0.6 is 11.6 Å². The third kappa shape index (κ3) is 3.27. The average Bonchev–Trinajstić information content (AvgIpc) is 2.72. The number of anilines is 1. The number of aliphatic imine (C=N–C) groups is 2. The highest BCUT2D eigenvalue weighted by Crippen LogP contribution is 2.27. The molecule has 0 aromatic heterocycles. The molecule has 3 rings (SSSR count). The molecule has 5 nitrogen and oxygen atoms in total. The Bertz CT molecular complexity index is 819. The Balaban J connectivity index is 2.15. The van der Waals surface area contributed by atoms with E-state index in [0.29, 0.717) is 33.4 Å². The van der Waals surface area contributed by atoms with Gasteiger partial charge in [0.2, 0.25) is 0 Å². The number of hydrogen-bond donors (Lipinski definition) is 1. The van der Waals surface area contributed by atoms with Crippen LogP contribution in [0.1, 0.15) is 11.1 Å². The van der Waals surface area contributed by atoms with Crippen LogP contribution in [0.5, 0.6) is 0 Å². The van der Waals surface area contributed by atoms with E-state index >= 15 is 0 Å². The minimum Gasteiger partial charge on any atom is -0.342 e. The summed E-state index contributed by atoms with van der Waals surface area (Å²) in [5.74, 6) is 0.117. The van der Waals surface area contributed by atoms with Gasteiger partial charge < -0.3 is 5.32 Å². The lowest BCUT2D eigenvalue weighted by Crippen LogP contribution is -2.15. The first-order valence-corrected chi connectivity index (χ1v) is 7.25. The van der Waals surface area contributed by atoms with Gasteiger partial charge in [-0.25, -0.2) is 9.38 Å². The van der Waals surface area contributed by atoms with Crippen molar-refractivity contribution in [1.29, 1.82) is 0 Å². The van der Waals surface area contributed by atoms with Crippen LogP contribution < -0.4 is 5.32 Å². The van der Waals surface area contributed by atoms with Gasteiger partial charge in [-0.05, 0) is 35.5 Å². The number of hydrogen-bond acceptors (Lipinski definition) is 4. The molecule has 1 N–H and O–H groups in total. The molecule has 1 heterocycles. The fourth-order valence-electron chi connectivity index (χ4n) is 2.34. The Morgan fingerprint density at radius 1 is 1.22 bits per heavy atom. The topological polar surface area (TPSA) is 66.2 Å². The van der Waals surface area contributed by atoms with Gasteiger partial charge in [-0.1, -0.05) is 23.7 Å².